The monoisotopic (exact) mass is 370 g/mol. The van der Waals surface area contributed by atoms with E-state index in [0.717, 1.165) is 19.3 Å². The van der Waals surface area contributed by atoms with Crippen molar-refractivity contribution in [2.45, 2.75) is 50.4 Å². The summed E-state index contributed by atoms with van der Waals surface area (Å²) in [6.45, 7) is 0. The number of rotatable bonds is 3. The standard InChI is InChI=1S/C18H21F3N2O3/c1-26-14-9-5-6-12(10-14)16(24)23-17(25,13-7-3-2-4-8-13)11-15(22-23)18(19,20)21/h5-6,9-10,13,25H,2-4,7-8,11H2,1H3/t17-/m0/s1. The van der Waals surface area contributed by atoms with Gasteiger partial charge in [-0.1, -0.05) is 25.3 Å². The maximum atomic E-state index is 13.2. The van der Waals surface area contributed by atoms with E-state index >= 15 is 0 Å². The zero-order valence-electron chi connectivity index (χ0n) is 14.4. The van der Waals surface area contributed by atoms with E-state index in [-0.39, 0.29) is 5.56 Å². The molecule has 0 unspecified atom stereocenters. The lowest BCUT2D eigenvalue weighted by Gasteiger charge is -2.40. The number of hydrogen-bond donors (Lipinski definition) is 1. The van der Waals surface area contributed by atoms with Crippen molar-refractivity contribution in [1.29, 1.82) is 0 Å². The highest BCUT2D eigenvalue weighted by Gasteiger charge is 2.55. The summed E-state index contributed by atoms with van der Waals surface area (Å²) < 4.78 is 44.8. The summed E-state index contributed by atoms with van der Waals surface area (Å²) >= 11 is 0. The van der Waals surface area contributed by atoms with Crippen LogP contribution in [0.2, 0.25) is 0 Å². The molecule has 142 valence electrons. The van der Waals surface area contributed by atoms with Gasteiger partial charge in [-0.15, -0.1) is 0 Å². The summed E-state index contributed by atoms with van der Waals surface area (Å²) in [6, 6.07) is 6.08. The number of nitrogens with zero attached hydrogens (tertiary/aromatic N) is 2. The first-order valence-corrected chi connectivity index (χ1v) is 8.61. The fraction of sp³-hybridized carbons (Fsp3) is 0.556. The minimum absolute atomic E-state index is 0.116. The van der Waals surface area contributed by atoms with Gasteiger partial charge in [-0.3, -0.25) is 4.79 Å². The fourth-order valence-electron chi connectivity index (χ4n) is 3.70. The smallest absolute Gasteiger partial charge is 0.431 e. The van der Waals surface area contributed by atoms with E-state index < -0.39 is 35.9 Å². The van der Waals surface area contributed by atoms with Gasteiger partial charge in [0.05, 0.1) is 7.11 Å². The second kappa shape index (κ2) is 6.90. The summed E-state index contributed by atoms with van der Waals surface area (Å²) in [4.78, 5) is 12.9. The van der Waals surface area contributed by atoms with Crippen molar-refractivity contribution >= 4 is 11.6 Å². The Labute approximate surface area is 149 Å². The van der Waals surface area contributed by atoms with E-state index in [1.165, 1.54) is 19.2 Å². The van der Waals surface area contributed by atoms with Crippen LogP contribution in [-0.4, -0.2) is 40.7 Å². The van der Waals surface area contributed by atoms with Gasteiger partial charge < -0.3 is 9.84 Å². The number of hydrazone groups is 1. The predicted molar refractivity (Wildman–Crippen MR) is 88.8 cm³/mol. The SMILES string of the molecule is COc1cccc(C(=O)N2N=C(C(F)(F)F)C[C@]2(O)C2CCCCC2)c1. The van der Waals surface area contributed by atoms with Gasteiger partial charge in [-0.05, 0) is 31.0 Å². The van der Waals surface area contributed by atoms with Gasteiger partial charge in [0.1, 0.15) is 11.5 Å². The first kappa shape index (κ1) is 18.7. The topological polar surface area (TPSA) is 62.1 Å². The molecular weight excluding hydrogens is 349 g/mol. The fourth-order valence-corrected chi connectivity index (χ4v) is 3.70. The van der Waals surface area contributed by atoms with Crippen LogP contribution in [0.4, 0.5) is 13.2 Å². The van der Waals surface area contributed by atoms with Crippen molar-refractivity contribution < 1.29 is 27.8 Å². The van der Waals surface area contributed by atoms with Gasteiger partial charge in [0.15, 0.2) is 5.72 Å². The van der Waals surface area contributed by atoms with E-state index in [1.54, 1.807) is 12.1 Å². The molecule has 1 atom stereocenters. The molecule has 0 spiro atoms. The number of carbonyl (C=O) groups is 1. The first-order valence-electron chi connectivity index (χ1n) is 8.61. The molecule has 2 aliphatic rings. The van der Waals surface area contributed by atoms with Crippen LogP contribution >= 0.6 is 0 Å². The van der Waals surface area contributed by atoms with Gasteiger partial charge in [0, 0.05) is 17.9 Å². The Morgan fingerprint density at radius 1 is 1.31 bits per heavy atom. The first-order chi connectivity index (χ1) is 12.3. The predicted octanol–water partition coefficient (Wildman–Crippen LogP) is 3.73. The summed E-state index contributed by atoms with van der Waals surface area (Å²) in [6.07, 6.45) is -1.64. The number of methoxy groups -OCH3 is 1. The minimum atomic E-state index is -4.69. The van der Waals surface area contributed by atoms with Gasteiger partial charge in [0.25, 0.3) is 5.91 Å². The molecule has 1 aliphatic carbocycles. The van der Waals surface area contributed by atoms with Crippen LogP contribution < -0.4 is 4.74 Å². The molecule has 3 rings (SSSR count). The zero-order valence-corrected chi connectivity index (χ0v) is 14.4. The molecule has 1 fully saturated rings. The maximum absolute atomic E-state index is 13.2. The van der Waals surface area contributed by atoms with Gasteiger partial charge in [-0.25, -0.2) is 0 Å². The molecule has 1 N–H and O–H groups in total. The second-order valence-electron chi connectivity index (χ2n) is 6.78. The molecule has 8 heteroatoms. The molecule has 0 saturated heterocycles. The third kappa shape index (κ3) is 3.42. The Bertz CT molecular complexity index is 714. The van der Waals surface area contributed by atoms with Crippen LogP contribution in [-0.2, 0) is 0 Å². The third-order valence-corrected chi connectivity index (χ3v) is 5.11. The average molecular weight is 370 g/mol. The highest BCUT2D eigenvalue weighted by atomic mass is 19.4. The highest BCUT2D eigenvalue weighted by molar-refractivity contribution is 6.00. The number of hydrogen-bond acceptors (Lipinski definition) is 4. The lowest BCUT2D eigenvalue weighted by atomic mass is 9.79. The normalized spacial score (nSPS) is 24.5. The molecule has 0 aromatic heterocycles. The van der Waals surface area contributed by atoms with Crippen molar-refractivity contribution in [1.82, 2.24) is 5.01 Å². The average Bonchev–Trinajstić information content (AvgIpc) is 3.01. The maximum Gasteiger partial charge on any atom is 0.431 e. The van der Waals surface area contributed by atoms with Crippen molar-refractivity contribution in [3.63, 3.8) is 0 Å². The molecule has 1 heterocycles. The Kier molecular flexibility index (Phi) is 4.96. The molecule has 5 nitrogen and oxygen atoms in total. The number of aliphatic hydroxyl groups is 1. The summed E-state index contributed by atoms with van der Waals surface area (Å²) in [5, 5.41) is 15.3. The lowest BCUT2D eigenvalue weighted by Crippen LogP contribution is -2.52. The number of benzene rings is 1. The zero-order chi connectivity index (χ0) is 18.9. The van der Waals surface area contributed by atoms with Crippen molar-refractivity contribution in [2.75, 3.05) is 7.11 Å². The van der Waals surface area contributed by atoms with Crippen molar-refractivity contribution in [3.8, 4) is 5.75 Å². The second-order valence-corrected chi connectivity index (χ2v) is 6.78. The Balaban J connectivity index is 1.97. The number of amides is 1. The van der Waals surface area contributed by atoms with Crippen molar-refractivity contribution in [3.05, 3.63) is 29.8 Å². The summed E-state index contributed by atoms with van der Waals surface area (Å²) in [7, 11) is 1.43. The molecule has 1 aromatic carbocycles. The highest BCUT2D eigenvalue weighted by Crippen LogP contribution is 2.43. The Morgan fingerprint density at radius 2 is 2.00 bits per heavy atom. The molecular formula is C18H21F3N2O3. The van der Waals surface area contributed by atoms with Crippen molar-refractivity contribution in [2.24, 2.45) is 11.0 Å². The van der Waals surface area contributed by atoms with Crippen LogP contribution in [0.25, 0.3) is 0 Å². The number of halogens is 3. The van der Waals surface area contributed by atoms with Gasteiger partial charge >= 0.3 is 6.18 Å². The van der Waals surface area contributed by atoms with Crippen LogP contribution in [0.1, 0.15) is 48.9 Å². The summed E-state index contributed by atoms with van der Waals surface area (Å²) in [5.74, 6) is -0.804. The molecule has 26 heavy (non-hydrogen) atoms. The number of carbonyl (C=O) groups excluding carboxylic acids is 1. The van der Waals surface area contributed by atoms with Crippen LogP contribution in [0.3, 0.4) is 0 Å². The van der Waals surface area contributed by atoms with Crippen LogP contribution in [0.5, 0.6) is 5.75 Å². The van der Waals surface area contributed by atoms with Crippen LogP contribution in [0.15, 0.2) is 29.4 Å². The third-order valence-electron chi connectivity index (χ3n) is 5.11. The molecule has 0 bridgehead atoms. The van der Waals surface area contributed by atoms with Gasteiger partial charge in [0.2, 0.25) is 0 Å². The van der Waals surface area contributed by atoms with E-state index in [0.29, 0.717) is 23.6 Å². The summed E-state index contributed by atoms with van der Waals surface area (Å²) in [5.41, 5.74) is -2.96. The number of ether oxygens (including phenoxy) is 1. The minimum Gasteiger partial charge on any atom is -0.497 e. The van der Waals surface area contributed by atoms with E-state index in [1.807, 2.05) is 0 Å². The lowest BCUT2D eigenvalue weighted by molar-refractivity contribution is -0.123. The van der Waals surface area contributed by atoms with Gasteiger partial charge in [-0.2, -0.15) is 23.3 Å². The molecule has 1 aliphatic heterocycles. The Morgan fingerprint density at radius 3 is 2.62 bits per heavy atom. The quantitative estimate of drug-likeness (QED) is 0.882. The molecule has 1 amide bonds. The number of alkyl halides is 3. The Hall–Kier alpha value is -2.09. The van der Waals surface area contributed by atoms with E-state index in [2.05, 4.69) is 5.10 Å². The molecule has 1 aromatic rings. The van der Waals surface area contributed by atoms with Crippen LogP contribution in [0, 0.1) is 5.92 Å². The molecule has 0 radical (unpaired) electrons. The van der Waals surface area contributed by atoms with E-state index in [9.17, 15) is 23.1 Å². The largest absolute Gasteiger partial charge is 0.497 e. The van der Waals surface area contributed by atoms with E-state index in [4.69, 9.17) is 4.74 Å². The molecule has 1 saturated carbocycles.